The Morgan fingerprint density at radius 3 is 2.33 bits per heavy atom. The number of anilines is 3. The Balaban J connectivity index is 1.45. The van der Waals surface area contributed by atoms with E-state index in [1.807, 2.05) is 54.6 Å². The summed E-state index contributed by atoms with van der Waals surface area (Å²) in [6, 6.07) is 20.6. The van der Waals surface area contributed by atoms with Crippen molar-refractivity contribution in [3.05, 3.63) is 72.9 Å². The fraction of sp³-hybridized carbons (Fsp3) is 0.143. The number of carbonyl (C=O) groups is 1. The molecule has 3 rings (SSSR count). The highest BCUT2D eigenvalue weighted by atomic mass is 16.5. The van der Waals surface area contributed by atoms with E-state index >= 15 is 0 Å². The standard InChI is InChI=1S/C21H21N3O3/c1-26-18-10-7-16(8-11-18)23-20-12-9-17(15-22-20)24-21(25)13-14-27-19-5-3-2-4-6-19/h2-12,15H,13-14H2,1H3,(H,22,23)(H,24,25). The number of nitrogens with zero attached hydrogens (tertiary/aromatic N) is 1. The number of para-hydroxylation sites is 1. The molecule has 1 heterocycles. The van der Waals surface area contributed by atoms with Gasteiger partial charge in [-0.3, -0.25) is 4.79 Å². The number of hydrogen-bond donors (Lipinski definition) is 2. The molecule has 0 aliphatic carbocycles. The van der Waals surface area contributed by atoms with E-state index in [1.54, 1.807) is 25.4 Å². The zero-order chi connectivity index (χ0) is 18.9. The van der Waals surface area contributed by atoms with Gasteiger partial charge in [0.15, 0.2) is 0 Å². The van der Waals surface area contributed by atoms with Crippen LogP contribution < -0.4 is 20.1 Å². The Bertz CT molecular complexity index is 850. The third kappa shape index (κ3) is 5.74. The molecule has 138 valence electrons. The van der Waals surface area contributed by atoms with E-state index < -0.39 is 0 Å². The SMILES string of the molecule is COc1ccc(Nc2ccc(NC(=O)CCOc3ccccc3)cn2)cc1. The van der Waals surface area contributed by atoms with Crippen molar-refractivity contribution in [3.63, 3.8) is 0 Å². The van der Waals surface area contributed by atoms with Crippen molar-refractivity contribution >= 4 is 23.1 Å². The molecule has 2 aromatic carbocycles. The Morgan fingerprint density at radius 2 is 1.67 bits per heavy atom. The third-order valence-corrected chi connectivity index (χ3v) is 3.75. The summed E-state index contributed by atoms with van der Waals surface area (Å²) in [5.74, 6) is 2.11. The van der Waals surface area contributed by atoms with Crippen molar-refractivity contribution in [1.82, 2.24) is 4.98 Å². The molecule has 0 saturated carbocycles. The smallest absolute Gasteiger partial charge is 0.227 e. The molecule has 0 aliphatic heterocycles. The van der Waals surface area contributed by atoms with Crippen LogP contribution >= 0.6 is 0 Å². The van der Waals surface area contributed by atoms with Crippen LogP contribution in [0.5, 0.6) is 11.5 Å². The molecule has 0 saturated heterocycles. The minimum atomic E-state index is -0.122. The topological polar surface area (TPSA) is 72.5 Å². The van der Waals surface area contributed by atoms with Crippen molar-refractivity contribution in [2.75, 3.05) is 24.4 Å². The van der Waals surface area contributed by atoms with Crippen molar-refractivity contribution in [1.29, 1.82) is 0 Å². The molecule has 1 aromatic heterocycles. The van der Waals surface area contributed by atoms with Gasteiger partial charge in [0.05, 0.1) is 32.0 Å². The fourth-order valence-electron chi connectivity index (χ4n) is 2.37. The Kier molecular flexibility index (Phi) is 6.25. The van der Waals surface area contributed by atoms with Crippen LogP contribution in [0.4, 0.5) is 17.2 Å². The van der Waals surface area contributed by atoms with E-state index in [-0.39, 0.29) is 12.3 Å². The average molecular weight is 363 g/mol. The van der Waals surface area contributed by atoms with Crippen LogP contribution in [0.2, 0.25) is 0 Å². The summed E-state index contributed by atoms with van der Waals surface area (Å²) in [5, 5.41) is 6.00. The summed E-state index contributed by atoms with van der Waals surface area (Å²) < 4.78 is 10.7. The van der Waals surface area contributed by atoms with Gasteiger partial charge in [0, 0.05) is 5.69 Å². The summed E-state index contributed by atoms with van der Waals surface area (Å²) in [6.45, 7) is 0.320. The molecule has 0 radical (unpaired) electrons. The second kappa shape index (κ2) is 9.24. The van der Waals surface area contributed by atoms with Crippen LogP contribution in [-0.2, 0) is 4.79 Å². The molecule has 0 atom stereocenters. The molecule has 0 bridgehead atoms. The molecule has 27 heavy (non-hydrogen) atoms. The molecule has 3 aromatic rings. The predicted octanol–water partition coefficient (Wildman–Crippen LogP) is 4.24. The lowest BCUT2D eigenvalue weighted by atomic mass is 10.3. The van der Waals surface area contributed by atoms with Gasteiger partial charge in [0.2, 0.25) is 5.91 Å². The number of rotatable bonds is 8. The van der Waals surface area contributed by atoms with Crippen molar-refractivity contribution in [2.45, 2.75) is 6.42 Å². The lowest BCUT2D eigenvalue weighted by Crippen LogP contribution is -2.15. The van der Waals surface area contributed by atoms with Crippen molar-refractivity contribution < 1.29 is 14.3 Å². The van der Waals surface area contributed by atoms with Crippen LogP contribution in [0, 0.1) is 0 Å². The van der Waals surface area contributed by atoms with E-state index in [1.165, 1.54) is 0 Å². The molecule has 2 N–H and O–H groups in total. The van der Waals surface area contributed by atoms with Gasteiger partial charge in [0.1, 0.15) is 17.3 Å². The molecule has 6 heteroatoms. The summed E-state index contributed by atoms with van der Waals surface area (Å²) in [6.07, 6.45) is 1.88. The highest BCUT2D eigenvalue weighted by molar-refractivity contribution is 5.90. The highest BCUT2D eigenvalue weighted by Gasteiger charge is 2.04. The number of nitrogens with one attached hydrogen (secondary N) is 2. The van der Waals surface area contributed by atoms with E-state index in [2.05, 4.69) is 15.6 Å². The van der Waals surface area contributed by atoms with Crippen molar-refractivity contribution in [3.8, 4) is 11.5 Å². The number of hydrogen-bond acceptors (Lipinski definition) is 5. The summed E-state index contributed by atoms with van der Waals surface area (Å²) in [4.78, 5) is 16.3. The Labute approximate surface area is 158 Å². The normalized spacial score (nSPS) is 10.1. The number of ether oxygens (including phenoxy) is 2. The fourth-order valence-corrected chi connectivity index (χ4v) is 2.37. The number of methoxy groups -OCH3 is 1. The second-order valence-electron chi connectivity index (χ2n) is 5.75. The zero-order valence-electron chi connectivity index (χ0n) is 15.0. The summed E-state index contributed by atoms with van der Waals surface area (Å²) in [7, 11) is 1.63. The number of benzene rings is 2. The minimum absolute atomic E-state index is 0.122. The van der Waals surface area contributed by atoms with Gasteiger partial charge >= 0.3 is 0 Å². The first kappa shape index (κ1) is 18.3. The molecule has 6 nitrogen and oxygen atoms in total. The Hall–Kier alpha value is -3.54. The molecule has 1 amide bonds. The lowest BCUT2D eigenvalue weighted by Gasteiger charge is -2.09. The summed E-state index contributed by atoms with van der Waals surface area (Å²) in [5.41, 5.74) is 1.54. The number of carbonyl (C=O) groups excluding carboxylic acids is 1. The van der Waals surface area contributed by atoms with Crippen LogP contribution in [0.1, 0.15) is 6.42 Å². The number of aromatic nitrogens is 1. The van der Waals surface area contributed by atoms with Gasteiger partial charge in [-0.25, -0.2) is 4.98 Å². The van der Waals surface area contributed by atoms with Gasteiger partial charge in [-0.05, 0) is 48.5 Å². The molecule has 0 spiro atoms. The molecule has 0 fully saturated rings. The van der Waals surface area contributed by atoms with Crippen molar-refractivity contribution in [2.24, 2.45) is 0 Å². The van der Waals surface area contributed by atoms with Crippen LogP contribution in [0.25, 0.3) is 0 Å². The van der Waals surface area contributed by atoms with Crippen LogP contribution in [0.3, 0.4) is 0 Å². The highest BCUT2D eigenvalue weighted by Crippen LogP contribution is 2.19. The number of pyridine rings is 1. The zero-order valence-corrected chi connectivity index (χ0v) is 15.0. The van der Waals surface area contributed by atoms with Gasteiger partial charge in [-0.2, -0.15) is 0 Å². The molecular formula is C21H21N3O3. The number of amides is 1. The third-order valence-electron chi connectivity index (χ3n) is 3.75. The summed E-state index contributed by atoms with van der Waals surface area (Å²) >= 11 is 0. The van der Waals surface area contributed by atoms with E-state index in [9.17, 15) is 4.79 Å². The molecular weight excluding hydrogens is 342 g/mol. The second-order valence-corrected chi connectivity index (χ2v) is 5.75. The molecule has 0 aliphatic rings. The molecule has 0 unspecified atom stereocenters. The van der Waals surface area contributed by atoms with Gasteiger partial charge in [-0.15, -0.1) is 0 Å². The lowest BCUT2D eigenvalue weighted by molar-refractivity contribution is -0.116. The monoisotopic (exact) mass is 363 g/mol. The van der Waals surface area contributed by atoms with Crippen LogP contribution in [-0.4, -0.2) is 24.6 Å². The average Bonchev–Trinajstić information content (AvgIpc) is 2.71. The first-order valence-electron chi connectivity index (χ1n) is 8.58. The van der Waals surface area contributed by atoms with Gasteiger partial charge in [0.25, 0.3) is 0 Å². The maximum atomic E-state index is 12.0. The van der Waals surface area contributed by atoms with Crippen LogP contribution in [0.15, 0.2) is 72.9 Å². The van der Waals surface area contributed by atoms with E-state index in [0.29, 0.717) is 18.1 Å². The largest absolute Gasteiger partial charge is 0.497 e. The first-order chi connectivity index (χ1) is 13.2. The van der Waals surface area contributed by atoms with E-state index in [4.69, 9.17) is 9.47 Å². The van der Waals surface area contributed by atoms with Gasteiger partial charge < -0.3 is 20.1 Å². The Morgan fingerprint density at radius 1 is 0.926 bits per heavy atom. The van der Waals surface area contributed by atoms with Gasteiger partial charge in [-0.1, -0.05) is 18.2 Å². The van der Waals surface area contributed by atoms with E-state index in [0.717, 1.165) is 17.2 Å². The first-order valence-corrected chi connectivity index (χ1v) is 8.58. The maximum absolute atomic E-state index is 12.0. The predicted molar refractivity (Wildman–Crippen MR) is 106 cm³/mol. The minimum Gasteiger partial charge on any atom is -0.497 e. The quantitative estimate of drug-likeness (QED) is 0.626. The maximum Gasteiger partial charge on any atom is 0.227 e.